The van der Waals surface area contributed by atoms with E-state index in [0.29, 0.717) is 12.6 Å². The van der Waals surface area contributed by atoms with Crippen LogP contribution in [0.15, 0.2) is 29.3 Å². The Labute approximate surface area is 193 Å². The number of fused-ring (bicyclic) bond motifs is 3. The molecule has 0 saturated carbocycles. The third kappa shape index (κ3) is 4.19. The molecule has 7 nitrogen and oxygen atoms in total. The first-order valence-corrected chi connectivity index (χ1v) is 12.5. The molecule has 0 bridgehead atoms. The quantitative estimate of drug-likeness (QED) is 0.593. The van der Waals surface area contributed by atoms with Crippen molar-refractivity contribution in [3.8, 4) is 0 Å². The highest BCUT2D eigenvalue weighted by atomic mass is 32.1. The number of aryl methyl sites for hydroxylation is 1. The molecular formula is C24H32N6OS. The molecule has 0 amide bonds. The molecule has 32 heavy (non-hydrogen) atoms. The van der Waals surface area contributed by atoms with Crippen LogP contribution in [0.4, 0.5) is 5.82 Å². The summed E-state index contributed by atoms with van der Waals surface area (Å²) in [6.45, 7) is 13.9. The highest BCUT2D eigenvalue weighted by Crippen LogP contribution is 2.32. The molecule has 170 valence electrons. The minimum atomic E-state index is 0.132. The number of pyridine rings is 1. The van der Waals surface area contributed by atoms with Crippen molar-refractivity contribution in [3.05, 3.63) is 51.0 Å². The smallest absolute Gasteiger partial charge is 0.262 e. The van der Waals surface area contributed by atoms with Gasteiger partial charge >= 0.3 is 0 Å². The Morgan fingerprint density at radius 2 is 1.91 bits per heavy atom. The van der Waals surface area contributed by atoms with Crippen molar-refractivity contribution in [1.82, 2.24) is 24.3 Å². The van der Waals surface area contributed by atoms with Crippen LogP contribution in [0, 0.1) is 6.92 Å². The molecule has 0 aromatic carbocycles. The molecule has 5 rings (SSSR count). The van der Waals surface area contributed by atoms with Crippen LogP contribution in [0.25, 0.3) is 10.2 Å². The molecule has 0 spiro atoms. The van der Waals surface area contributed by atoms with Crippen LogP contribution in [0.5, 0.6) is 0 Å². The summed E-state index contributed by atoms with van der Waals surface area (Å²) in [5.41, 5.74) is 2.43. The van der Waals surface area contributed by atoms with Gasteiger partial charge in [0, 0.05) is 69.0 Å². The van der Waals surface area contributed by atoms with Gasteiger partial charge < -0.3 is 4.90 Å². The summed E-state index contributed by atoms with van der Waals surface area (Å²) >= 11 is 1.70. The number of hydrogen-bond acceptors (Lipinski definition) is 7. The van der Waals surface area contributed by atoms with Gasteiger partial charge in [-0.05, 0) is 44.9 Å². The molecule has 8 heteroatoms. The van der Waals surface area contributed by atoms with Gasteiger partial charge in [0.25, 0.3) is 5.56 Å². The van der Waals surface area contributed by atoms with Gasteiger partial charge in [0.15, 0.2) is 0 Å². The molecule has 3 aromatic heterocycles. The average molecular weight is 453 g/mol. The maximum atomic E-state index is 13.3. The summed E-state index contributed by atoms with van der Waals surface area (Å²) in [4.78, 5) is 32.1. The van der Waals surface area contributed by atoms with Crippen LogP contribution < -0.4 is 10.5 Å². The summed E-state index contributed by atoms with van der Waals surface area (Å²) < 4.78 is 1.82. The standard InChI is InChI=1S/C24H32N6OS/c1-17(2)29-8-7-19-20(15-29)32-23-22(19)24(31)30(16-25-23)14-11-27-9-12-28(13-10-27)21-6-4-5-18(3)26-21/h4-6,16-17H,7-15H2,1-3H3. The fraction of sp³-hybridized carbons (Fsp3) is 0.542. The maximum absolute atomic E-state index is 13.3. The van der Waals surface area contributed by atoms with Gasteiger partial charge in [0.2, 0.25) is 0 Å². The molecule has 3 aromatic rings. The third-order valence-electron chi connectivity index (χ3n) is 6.81. The Kier molecular flexibility index (Phi) is 6.01. The second-order valence-electron chi connectivity index (χ2n) is 9.21. The van der Waals surface area contributed by atoms with Crippen molar-refractivity contribution in [2.45, 2.75) is 46.3 Å². The molecule has 1 fully saturated rings. The molecule has 1 saturated heterocycles. The van der Waals surface area contributed by atoms with Crippen molar-refractivity contribution >= 4 is 27.4 Å². The zero-order valence-corrected chi connectivity index (χ0v) is 20.1. The molecule has 0 aliphatic carbocycles. The highest BCUT2D eigenvalue weighted by Gasteiger charge is 2.25. The van der Waals surface area contributed by atoms with Gasteiger partial charge in [0.05, 0.1) is 11.7 Å². The largest absolute Gasteiger partial charge is 0.354 e. The van der Waals surface area contributed by atoms with Crippen LogP contribution in [-0.4, -0.2) is 69.6 Å². The van der Waals surface area contributed by atoms with Gasteiger partial charge in [0.1, 0.15) is 10.6 Å². The summed E-state index contributed by atoms with van der Waals surface area (Å²) in [7, 11) is 0. The van der Waals surface area contributed by atoms with Crippen LogP contribution in [-0.2, 0) is 19.5 Å². The lowest BCUT2D eigenvalue weighted by Crippen LogP contribution is -2.47. The van der Waals surface area contributed by atoms with E-state index in [1.54, 1.807) is 17.7 Å². The van der Waals surface area contributed by atoms with Crippen molar-refractivity contribution in [2.24, 2.45) is 0 Å². The highest BCUT2D eigenvalue weighted by molar-refractivity contribution is 7.18. The molecule has 5 heterocycles. The van der Waals surface area contributed by atoms with E-state index in [9.17, 15) is 4.79 Å². The first-order valence-electron chi connectivity index (χ1n) is 11.6. The SMILES string of the molecule is Cc1cccc(N2CCN(CCn3cnc4sc5c(c4c3=O)CCN(C(C)C)C5)CC2)n1. The van der Waals surface area contributed by atoms with Gasteiger partial charge in [-0.2, -0.15) is 0 Å². The number of thiophene rings is 1. The van der Waals surface area contributed by atoms with Gasteiger partial charge in [-0.15, -0.1) is 11.3 Å². The predicted octanol–water partition coefficient (Wildman–Crippen LogP) is 2.75. The zero-order chi connectivity index (χ0) is 22.2. The molecule has 0 atom stereocenters. The minimum absolute atomic E-state index is 0.132. The molecule has 0 N–H and O–H groups in total. The Morgan fingerprint density at radius 3 is 2.66 bits per heavy atom. The van der Waals surface area contributed by atoms with Crippen LogP contribution >= 0.6 is 11.3 Å². The number of rotatable bonds is 5. The van der Waals surface area contributed by atoms with Crippen molar-refractivity contribution in [2.75, 3.05) is 44.2 Å². The van der Waals surface area contributed by atoms with Crippen LogP contribution in [0.1, 0.15) is 30.0 Å². The lowest BCUT2D eigenvalue weighted by molar-refractivity contribution is 0.206. The summed E-state index contributed by atoms with van der Waals surface area (Å²) in [5, 5.41) is 0.867. The zero-order valence-electron chi connectivity index (χ0n) is 19.3. The average Bonchev–Trinajstić information content (AvgIpc) is 3.17. The number of aromatic nitrogens is 3. The lowest BCUT2D eigenvalue weighted by atomic mass is 10.0. The maximum Gasteiger partial charge on any atom is 0.262 e. The van der Waals surface area contributed by atoms with E-state index >= 15 is 0 Å². The first kappa shape index (κ1) is 21.6. The summed E-state index contributed by atoms with van der Waals surface area (Å²) in [6.07, 6.45) is 2.70. The minimum Gasteiger partial charge on any atom is -0.354 e. The number of piperazine rings is 1. The van der Waals surface area contributed by atoms with E-state index in [1.165, 1.54) is 10.4 Å². The topological polar surface area (TPSA) is 57.5 Å². The van der Waals surface area contributed by atoms with E-state index in [1.807, 2.05) is 17.6 Å². The lowest BCUT2D eigenvalue weighted by Gasteiger charge is -2.35. The van der Waals surface area contributed by atoms with E-state index < -0.39 is 0 Å². The second-order valence-corrected chi connectivity index (χ2v) is 10.3. The van der Waals surface area contributed by atoms with E-state index in [0.717, 1.165) is 74.0 Å². The fourth-order valence-corrected chi connectivity index (χ4v) is 6.00. The van der Waals surface area contributed by atoms with Gasteiger partial charge in [-0.3, -0.25) is 19.2 Å². The van der Waals surface area contributed by atoms with Crippen molar-refractivity contribution < 1.29 is 0 Å². The van der Waals surface area contributed by atoms with Crippen LogP contribution in [0.3, 0.4) is 0 Å². The van der Waals surface area contributed by atoms with Gasteiger partial charge in [-0.1, -0.05) is 6.07 Å². The molecule has 0 unspecified atom stereocenters. The summed E-state index contributed by atoms with van der Waals surface area (Å²) in [6, 6.07) is 6.72. The van der Waals surface area contributed by atoms with E-state index in [2.05, 4.69) is 50.6 Å². The van der Waals surface area contributed by atoms with E-state index in [4.69, 9.17) is 0 Å². The first-order chi connectivity index (χ1) is 15.5. The van der Waals surface area contributed by atoms with Gasteiger partial charge in [-0.25, -0.2) is 9.97 Å². The van der Waals surface area contributed by atoms with Crippen molar-refractivity contribution in [3.63, 3.8) is 0 Å². The number of nitrogens with zero attached hydrogens (tertiary/aromatic N) is 6. The second kappa shape index (κ2) is 8.92. The Balaban J connectivity index is 1.25. The summed E-state index contributed by atoms with van der Waals surface area (Å²) in [5.74, 6) is 1.06. The van der Waals surface area contributed by atoms with Crippen LogP contribution in [0.2, 0.25) is 0 Å². The third-order valence-corrected chi connectivity index (χ3v) is 7.94. The monoisotopic (exact) mass is 452 g/mol. The predicted molar refractivity (Wildman–Crippen MR) is 131 cm³/mol. The Hall–Kier alpha value is -2.29. The molecule has 0 radical (unpaired) electrons. The Morgan fingerprint density at radius 1 is 1.09 bits per heavy atom. The molecule has 2 aliphatic heterocycles. The van der Waals surface area contributed by atoms with E-state index in [-0.39, 0.29) is 5.56 Å². The molecule has 2 aliphatic rings. The molecular weight excluding hydrogens is 420 g/mol. The number of hydrogen-bond donors (Lipinski definition) is 0. The Bertz CT molecular complexity index is 1160. The fourth-order valence-electron chi connectivity index (χ4n) is 4.79. The van der Waals surface area contributed by atoms with Crippen molar-refractivity contribution in [1.29, 1.82) is 0 Å². The number of anilines is 1. The normalized spacial score (nSPS) is 17.9.